The van der Waals surface area contributed by atoms with Crippen molar-refractivity contribution in [3.8, 4) is 0 Å². The average molecular weight is 312 g/mol. The lowest BCUT2D eigenvalue weighted by molar-refractivity contribution is -0.122. The van der Waals surface area contributed by atoms with Crippen LogP contribution in [0, 0.1) is 13.8 Å². The van der Waals surface area contributed by atoms with Crippen molar-refractivity contribution in [1.29, 1.82) is 0 Å². The summed E-state index contributed by atoms with van der Waals surface area (Å²) in [7, 11) is 0. The molecule has 0 spiro atoms. The molecule has 1 amide bonds. The van der Waals surface area contributed by atoms with Crippen LogP contribution in [0.3, 0.4) is 0 Å². The van der Waals surface area contributed by atoms with E-state index in [-0.39, 0.29) is 24.2 Å². The van der Waals surface area contributed by atoms with E-state index >= 15 is 0 Å². The number of carbonyl (C=O) groups excluding carboxylic acids is 1. The van der Waals surface area contributed by atoms with Crippen LogP contribution in [0.5, 0.6) is 0 Å². The zero-order valence-electron chi connectivity index (χ0n) is 13.8. The van der Waals surface area contributed by atoms with Crippen molar-refractivity contribution in [3.63, 3.8) is 0 Å². The van der Waals surface area contributed by atoms with Gasteiger partial charge in [0.1, 0.15) is 6.54 Å². The van der Waals surface area contributed by atoms with Crippen LogP contribution in [0.2, 0.25) is 0 Å². The number of nitrogens with zero attached hydrogens (tertiary/aromatic N) is 3. The first-order valence-corrected chi connectivity index (χ1v) is 7.65. The maximum atomic E-state index is 12.7. The van der Waals surface area contributed by atoms with Crippen LogP contribution in [-0.4, -0.2) is 26.1 Å². The van der Waals surface area contributed by atoms with Crippen LogP contribution >= 0.6 is 0 Å². The second kappa shape index (κ2) is 5.53. The predicted molar refractivity (Wildman–Crippen MR) is 89.7 cm³/mol. The minimum Gasteiger partial charge on any atom is -0.352 e. The van der Waals surface area contributed by atoms with Crippen LogP contribution in [0.25, 0.3) is 16.6 Å². The summed E-state index contributed by atoms with van der Waals surface area (Å²) in [4.78, 5) is 24.6. The van der Waals surface area contributed by atoms with Crippen molar-refractivity contribution in [2.45, 2.75) is 40.3 Å². The Morgan fingerprint density at radius 2 is 2.00 bits per heavy atom. The molecule has 0 unspecified atom stereocenters. The molecule has 1 aromatic carbocycles. The molecule has 6 nitrogen and oxygen atoms in total. The molecule has 0 bridgehead atoms. The van der Waals surface area contributed by atoms with Crippen LogP contribution in [-0.2, 0) is 11.3 Å². The topological polar surface area (TPSA) is 68.4 Å². The fourth-order valence-electron chi connectivity index (χ4n) is 2.78. The lowest BCUT2D eigenvalue weighted by Gasteiger charge is -2.06. The summed E-state index contributed by atoms with van der Waals surface area (Å²) in [5, 5.41) is 8.10. The molecule has 1 N–H and O–H groups in total. The van der Waals surface area contributed by atoms with Crippen molar-refractivity contribution < 1.29 is 4.79 Å². The molecule has 3 aromatic rings. The number of fused-ring (bicyclic) bond motifs is 3. The Balaban J connectivity index is 2.18. The van der Waals surface area contributed by atoms with Crippen LogP contribution in [0.15, 0.2) is 29.1 Å². The van der Waals surface area contributed by atoms with Gasteiger partial charge in [-0.25, -0.2) is 13.9 Å². The van der Waals surface area contributed by atoms with Gasteiger partial charge in [-0.2, -0.15) is 0 Å². The van der Waals surface area contributed by atoms with Gasteiger partial charge >= 0.3 is 5.69 Å². The van der Waals surface area contributed by atoms with E-state index in [1.54, 1.807) is 4.40 Å². The second-order valence-electron chi connectivity index (χ2n) is 6.21. The quantitative estimate of drug-likeness (QED) is 0.801. The smallest absolute Gasteiger partial charge is 0.351 e. The van der Waals surface area contributed by atoms with Crippen molar-refractivity contribution in [2.24, 2.45) is 0 Å². The van der Waals surface area contributed by atoms with Gasteiger partial charge in [-0.05, 0) is 56.8 Å². The van der Waals surface area contributed by atoms with Crippen molar-refractivity contribution in [2.75, 3.05) is 0 Å². The summed E-state index contributed by atoms with van der Waals surface area (Å²) in [6.07, 6.45) is 0. The number of rotatable bonds is 3. The third kappa shape index (κ3) is 2.72. The summed E-state index contributed by atoms with van der Waals surface area (Å²) in [5.74, 6) is -0.219. The highest BCUT2D eigenvalue weighted by Crippen LogP contribution is 2.19. The SMILES string of the molecule is Cc1ccc2c(c1)cc(C)c1nn(CC(=O)NC(C)C)c(=O)n12. The minimum absolute atomic E-state index is 0.0285. The van der Waals surface area contributed by atoms with E-state index in [0.717, 1.165) is 22.0 Å². The number of hydrogen-bond donors (Lipinski definition) is 1. The Morgan fingerprint density at radius 1 is 1.26 bits per heavy atom. The standard InChI is InChI=1S/C17H20N4O2/c1-10(2)18-15(22)9-20-17(23)21-14-6-5-11(3)7-13(14)8-12(4)16(21)19-20/h5-8,10H,9H2,1-4H3,(H,18,22). The van der Waals surface area contributed by atoms with Gasteiger partial charge in [-0.1, -0.05) is 11.6 Å². The Labute approximate surface area is 133 Å². The van der Waals surface area contributed by atoms with Crippen LogP contribution in [0.4, 0.5) is 0 Å². The van der Waals surface area contributed by atoms with E-state index in [2.05, 4.69) is 10.4 Å². The molecule has 2 heterocycles. The van der Waals surface area contributed by atoms with Crippen LogP contribution < -0.4 is 11.0 Å². The second-order valence-corrected chi connectivity index (χ2v) is 6.21. The molecule has 0 saturated heterocycles. The van der Waals surface area contributed by atoms with Crippen molar-refractivity contribution in [1.82, 2.24) is 19.5 Å². The Morgan fingerprint density at radius 3 is 2.70 bits per heavy atom. The molecule has 2 aromatic heterocycles. The molecule has 0 radical (unpaired) electrons. The maximum absolute atomic E-state index is 12.7. The summed E-state index contributed by atoms with van der Waals surface area (Å²) < 4.78 is 2.80. The molecule has 0 aliphatic rings. The molecule has 0 saturated carbocycles. The van der Waals surface area contributed by atoms with Gasteiger partial charge in [-0.15, -0.1) is 5.10 Å². The molecule has 6 heteroatoms. The fourth-order valence-corrected chi connectivity index (χ4v) is 2.78. The minimum atomic E-state index is -0.295. The highest BCUT2D eigenvalue weighted by atomic mass is 16.2. The molecule has 0 aliphatic heterocycles. The van der Waals surface area contributed by atoms with Crippen LogP contribution in [0.1, 0.15) is 25.0 Å². The molecule has 0 aliphatic carbocycles. The predicted octanol–water partition coefficient (Wildman–Crippen LogP) is 1.79. The molecule has 120 valence electrons. The monoisotopic (exact) mass is 312 g/mol. The number of aryl methyl sites for hydroxylation is 2. The Bertz CT molecular complexity index is 966. The van der Waals surface area contributed by atoms with E-state index in [1.807, 2.05) is 52.0 Å². The number of hydrogen-bond acceptors (Lipinski definition) is 3. The lowest BCUT2D eigenvalue weighted by atomic mass is 10.1. The van der Waals surface area contributed by atoms with E-state index in [4.69, 9.17) is 0 Å². The summed E-state index contributed by atoms with van der Waals surface area (Å²) in [5.41, 5.74) is 3.13. The third-order valence-electron chi connectivity index (χ3n) is 3.73. The average Bonchev–Trinajstić information content (AvgIpc) is 2.76. The number of aromatic nitrogens is 3. The molecule has 0 atom stereocenters. The number of carbonyl (C=O) groups is 1. The highest BCUT2D eigenvalue weighted by Gasteiger charge is 2.15. The van der Waals surface area contributed by atoms with Gasteiger partial charge < -0.3 is 5.32 Å². The number of pyridine rings is 1. The van der Waals surface area contributed by atoms with Gasteiger partial charge in [-0.3, -0.25) is 4.79 Å². The van der Waals surface area contributed by atoms with Crippen molar-refractivity contribution >= 4 is 22.5 Å². The lowest BCUT2D eigenvalue weighted by Crippen LogP contribution is -2.36. The first-order chi connectivity index (χ1) is 10.9. The van der Waals surface area contributed by atoms with Gasteiger partial charge in [0.05, 0.1) is 5.52 Å². The summed E-state index contributed by atoms with van der Waals surface area (Å²) >= 11 is 0. The van der Waals surface area contributed by atoms with Gasteiger partial charge in [0.2, 0.25) is 5.91 Å². The van der Waals surface area contributed by atoms with E-state index in [1.165, 1.54) is 4.68 Å². The van der Waals surface area contributed by atoms with Gasteiger partial charge in [0.15, 0.2) is 5.65 Å². The first-order valence-electron chi connectivity index (χ1n) is 7.65. The number of nitrogens with one attached hydrogen (secondary N) is 1. The normalized spacial score (nSPS) is 11.5. The largest absolute Gasteiger partial charge is 0.352 e. The van der Waals surface area contributed by atoms with Gasteiger partial charge in [0, 0.05) is 6.04 Å². The molecule has 3 rings (SSSR count). The van der Waals surface area contributed by atoms with Gasteiger partial charge in [0.25, 0.3) is 0 Å². The third-order valence-corrected chi connectivity index (χ3v) is 3.73. The van der Waals surface area contributed by atoms with E-state index in [9.17, 15) is 9.59 Å². The molecular formula is C17H20N4O2. The maximum Gasteiger partial charge on any atom is 0.351 e. The number of amides is 1. The zero-order chi connectivity index (χ0) is 16.7. The van der Waals surface area contributed by atoms with E-state index in [0.29, 0.717) is 5.65 Å². The first kappa shape index (κ1) is 15.3. The summed E-state index contributed by atoms with van der Waals surface area (Å²) in [6, 6.07) is 7.96. The molecule has 23 heavy (non-hydrogen) atoms. The van der Waals surface area contributed by atoms with Crippen molar-refractivity contribution in [3.05, 3.63) is 45.9 Å². The van der Waals surface area contributed by atoms with E-state index < -0.39 is 0 Å². The zero-order valence-corrected chi connectivity index (χ0v) is 13.8. The highest BCUT2D eigenvalue weighted by molar-refractivity contribution is 5.84. The number of benzene rings is 1. The fraction of sp³-hybridized carbons (Fsp3) is 0.353. The molecule has 0 fully saturated rings. The molecular weight excluding hydrogens is 292 g/mol. The summed E-state index contributed by atoms with van der Waals surface area (Å²) in [6.45, 7) is 7.61. The Kier molecular flexibility index (Phi) is 3.67. The Hall–Kier alpha value is -2.63.